The first-order valence-electron chi connectivity index (χ1n) is 9.68. The summed E-state index contributed by atoms with van der Waals surface area (Å²) in [4.78, 5) is 39.5. The van der Waals surface area contributed by atoms with Crippen LogP contribution in [0.3, 0.4) is 0 Å². The number of nitrogens with two attached hydrogens (primary N) is 2. The SMILES string of the molecule is CC[C@@H](C(=O)NC1CCCC1)N(C(=O)c1snc(C(N)=O)c1N)c1ccccc1. The second-order valence-electron chi connectivity index (χ2n) is 7.06. The minimum absolute atomic E-state index is 0.0560. The molecule has 5 N–H and O–H groups in total. The van der Waals surface area contributed by atoms with Gasteiger partial charge in [0.2, 0.25) is 5.91 Å². The first-order valence-corrected chi connectivity index (χ1v) is 10.4. The van der Waals surface area contributed by atoms with E-state index in [4.69, 9.17) is 11.5 Å². The number of hydrogen-bond donors (Lipinski definition) is 3. The second-order valence-corrected chi connectivity index (χ2v) is 7.84. The maximum atomic E-state index is 13.4. The Kier molecular flexibility index (Phi) is 6.48. The van der Waals surface area contributed by atoms with Gasteiger partial charge in [-0.3, -0.25) is 19.3 Å². The molecule has 154 valence electrons. The fraction of sp³-hybridized carbons (Fsp3) is 0.400. The quantitative estimate of drug-likeness (QED) is 0.638. The number of amides is 3. The molecule has 0 aliphatic heterocycles. The molecule has 0 bridgehead atoms. The standard InChI is InChI=1S/C20H25N5O3S/c1-2-14(19(27)23-12-8-6-7-9-12)25(13-10-4-3-5-11-13)20(28)17-15(21)16(18(22)26)24-29-17/h3-5,10-12,14H,2,6-9,21H2,1H3,(H2,22,26)(H,23,27)/t14-/m0/s1. The third kappa shape index (κ3) is 4.40. The normalized spacial score (nSPS) is 15.1. The summed E-state index contributed by atoms with van der Waals surface area (Å²) in [6, 6.07) is 8.36. The summed E-state index contributed by atoms with van der Waals surface area (Å²) < 4.78 is 3.92. The van der Waals surface area contributed by atoms with E-state index in [9.17, 15) is 14.4 Å². The Morgan fingerprint density at radius 3 is 2.45 bits per heavy atom. The van der Waals surface area contributed by atoms with Gasteiger partial charge < -0.3 is 16.8 Å². The second kappa shape index (κ2) is 9.04. The Hall–Kier alpha value is -2.94. The minimum Gasteiger partial charge on any atom is -0.395 e. The highest BCUT2D eigenvalue weighted by Gasteiger charge is 2.34. The summed E-state index contributed by atoms with van der Waals surface area (Å²) >= 11 is 0.809. The number of anilines is 2. The maximum Gasteiger partial charge on any atom is 0.272 e. The van der Waals surface area contributed by atoms with Crippen LogP contribution in [0.25, 0.3) is 0 Å². The van der Waals surface area contributed by atoms with Crippen molar-refractivity contribution in [1.82, 2.24) is 9.69 Å². The topological polar surface area (TPSA) is 131 Å². The van der Waals surface area contributed by atoms with E-state index < -0.39 is 17.9 Å². The zero-order valence-electron chi connectivity index (χ0n) is 16.3. The van der Waals surface area contributed by atoms with Gasteiger partial charge in [0.1, 0.15) is 10.9 Å². The fourth-order valence-electron chi connectivity index (χ4n) is 3.62. The molecule has 1 atom stereocenters. The van der Waals surface area contributed by atoms with Gasteiger partial charge in [-0.15, -0.1) is 0 Å². The molecule has 1 heterocycles. The van der Waals surface area contributed by atoms with Crippen molar-refractivity contribution in [2.45, 2.75) is 51.1 Å². The van der Waals surface area contributed by atoms with Gasteiger partial charge in [0.05, 0.1) is 5.69 Å². The number of rotatable bonds is 7. The fourth-order valence-corrected chi connectivity index (χ4v) is 4.36. The summed E-state index contributed by atoms with van der Waals surface area (Å²) in [7, 11) is 0. The summed E-state index contributed by atoms with van der Waals surface area (Å²) in [5, 5.41) is 3.07. The van der Waals surface area contributed by atoms with Gasteiger partial charge in [0, 0.05) is 11.7 Å². The zero-order chi connectivity index (χ0) is 21.0. The lowest BCUT2D eigenvalue weighted by Crippen LogP contribution is -2.51. The molecule has 8 nitrogen and oxygen atoms in total. The first-order chi connectivity index (χ1) is 13.9. The third-order valence-electron chi connectivity index (χ3n) is 5.11. The van der Waals surface area contributed by atoms with E-state index in [-0.39, 0.29) is 28.2 Å². The van der Waals surface area contributed by atoms with Gasteiger partial charge >= 0.3 is 0 Å². The molecular formula is C20H25N5O3S. The number of para-hydroxylation sites is 1. The predicted molar refractivity (Wildman–Crippen MR) is 113 cm³/mol. The highest BCUT2D eigenvalue weighted by atomic mass is 32.1. The van der Waals surface area contributed by atoms with Gasteiger partial charge in [0.15, 0.2) is 5.69 Å². The molecule has 9 heteroatoms. The molecule has 3 rings (SSSR count). The maximum absolute atomic E-state index is 13.4. The summed E-state index contributed by atoms with van der Waals surface area (Å²) in [5.74, 6) is -1.47. The first kappa shape index (κ1) is 20.8. The Labute approximate surface area is 173 Å². The Balaban J connectivity index is 1.96. The van der Waals surface area contributed by atoms with Crippen molar-refractivity contribution in [2.24, 2.45) is 5.73 Å². The molecule has 1 fully saturated rings. The smallest absolute Gasteiger partial charge is 0.272 e. The number of nitrogens with zero attached hydrogens (tertiary/aromatic N) is 2. The Morgan fingerprint density at radius 2 is 1.90 bits per heavy atom. The van der Waals surface area contributed by atoms with E-state index in [0.717, 1.165) is 37.2 Å². The van der Waals surface area contributed by atoms with Crippen molar-refractivity contribution < 1.29 is 14.4 Å². The third-order valence-corrected chi connectivity index (χ3v) is 5.96. The number of carbonyl (C=O) groups excluding carboxylic acids is 3. The summed E-state index contributed by atoms with van der Waals surface area (Å²) in [6.45, 7) is 1.85. The molecule has 1 saturated carbocycles. The molecular weight excluding hydrogens is 390 g/mol. The lowest BCUT2D eigenvalue weighted by molar-refractivity contribution is -0.123. The van der Waals surface area contributed by atoms with Crippen molar-refractivity contribution in [3.05, 3.63) is 40.9 Å². The molecule has 0 unspecified atom stereocenters. The number of primary amides is 1. The van der Waals surface area contributed by atoms with Gasteiger partial charge in [-0.2, -0.15) is 4.37 Å². The number of carbonyl (C=O) groups is 3. The van der Waals surface area contributed by atoms with Gasteiger partial charge in [0.25, 0.3) is 11.8 Å². The monoisotopic (exact) mass is 415 g/mol. The van der Waals surface area contributed by atoms with E-state index in [0.29, 0.717) is 12.1 Å². The molecule has 2 aromatic rings. The molecule has 1 aromatic carbocycles. The van der Waals surface area contributed by atoms with E-state index >= 15 is 0 Å². The molecule has 29 heavy (non-hydrogen) atoms. The van der Waals surface area contributed by atoms with Crippen LogP contribution >= 0.6 is 11.5 Å². The highest BCUT2D eigenvalue weighted by molar-refractivity contribution is 7.09. The van der Waals surface area contributed by atoms with Crippen molar-refractivity contribution in [3.63, 3.8) is 0 Å². The average Bonchev–Trinajstić information content (AvgIpc) is 3.35. The number of aromatic nitrogens is 1. The van der Waals surface area contributed by atoms with Crippen LogP contribution in [0.4, 0.5) is 11.4 Å². The number of hydrogen-bond acceptors (Lipinski definition) is 6. The number of benzene rings is 1. The van der Waals surface area contributed by atoms with Crippen LogP contribution in [-0.4, -0.2) is 34.2 Å². The molecule has 0 spiro atoms. The van der Waals surface area contributed by atoms with Crippen molar-refractivity contribution in [2.75, 3.05) is 10.6 Å². The van der Waals surface area contributed by atoms with Crippen LogP contribution in [0, 0.1) is 0 Å². The van der Waals surface area contributed by atoms with E-state index in [1.54, 1.807) is 24.3 Å². The molecule has 1 aliphatic rings. The van der Waals surface area contributed by atoms with Crippen LogP contribution in [0.15, 0.2) is 30.3 Å². The van der Waals surface area contributed by atoms with Crippen molar-refractivity contribution >= 4 is 40.6 Å². The van der Waals surface area contributed by atoms with E-state index in [1.807, 2.05) is 13.0 Å². The Morgan fingerprint density at radius 1 is 1.24 bits per heavy atom. The number of nitrogens with one attached hydrogen (secondary N) is 1. The zero-order valence-corrected chi connectivity index (χ0v) is 17.1. The molecule has 0 saturated heterocycles. The van der Waals surface area contributed by atoms with Crippen LogP contribution in [0.1, 0.15) is 59.2 Å². The Bertz CT molecular complexity index is 893. The van der Waals surface area contributed by atoms with Crippen LogP contribution in [0.2, 0.25) is 0 Å². The van der Waals surface area contributed by atoms with E-state index in [2.05, 4.69) is 9.69 Å². The summed E-state index contributed by atoms with van der Waals surface area (Å²) in [6.07, 6.45) is 4.50. The molecule has 1 aromatic heterocycles. The molecule has 0 radical (unpaired) electrons. The predicted octanol–water partition coefficient (Wildman–Crippen LogP) is 2.31. The summed E-state index contributed by atoms with van der Waals surface area (Å²) in [5.41, 5.74) is 11.6. The lowest BCUT2D eigenvalue weighted by atomic mass is 10.1. The molecule has 1 aliphatic carbocycles. The van der Waals surface area contributed by atoms with Crippen LogP contribution in [0.5, 0.6) is 0 Å². The molecule has 3 amide bonds. The lowest BCUT2D eigenvalue weighted by Gasteiger charge is -2.31. The minimum atomic E-state index is -0.796. The van der Waals surface area contributed by atoms with Gasteiger partial charge in [-0.25, -0.2) is 0 Å². The van der Waals surface area contributed by atoms with E-state index in [1.165, 1.54) is 4.90 Å². The average molecular weight is 416 g/mol. The number of nitrogen functional groups attached to an aromatic ring is 1. The van der Waals surface area contributed by atoms with Gasteiger partial charge in [-0.05, 0) is 42.9 Å². The van der Waals surface area contributed by atoms with Crippen LogP contribution in [-0.2, 0) is 4.79 Å². The largest absolute Gasteiger partial charge is 0.395 e. The van der Waals surface area contributed by atoms with Crippen molar-refractivity contribution in [1.29, 1.82) is 0 Å². The highest BCUT2D eigenvalue weighted by Crippen LogP contribution is 2.28. The van der Waals surface area contributed by atoms with Crippen molar-refractivity contribution in [3.8, 4) is 0 Å². The van der Waals surface area contributed by atoms with Crippen LogP contribution < -0.4 is 21.7 Å². The van der Waals surface area contributed by atoms with Gasteiger partial charge in [-0.1, -0.05) is 38.0 Å².